The fourth-order valence-electron chi connectivity index (χ4n) is 0. The quantitative estimate of drug-likeness (QED) is 0.399. The molecule has 3 heteroatoms. The molecule has 0 unspecified atom stereocenters. The zero-order valence-corrected chi connectivity index (χ0v) is 2.71. The normalized spacial score (nSPS) is 6.00. The molecule has 0 bridgehead atoms. The molecule has 4 heavy (non-hydrogen) atoms. The van der Waals surface area contributed by atoms with Crippen molar-refractivity contribution in [3.05, 3.63) is 0 Å². The first kappa shape index (κ1) is 3.69. The third-order valence-electron chi connectivity index (χ3n) is 0. The Morgan fingerprint density at radius 2 is 2.00 bits per heavy atom. The monoisotopic (exact) mass is 76.0 g/mol. The SMILES string of the molecule is NC(=O)[S-]. The van der Waals surface area contributed by atoms with Crippen LogP contribution in [-0.4, -0.2) is 5.24 Å². The maximum Gasteiger partial charge on any atom is 0.0954 e. The first-order valence-electron chi connectivity index (χ1n) is 0.697. The third kappa shape index (κ3) is 8.37. The van der Waals surface area contributed by atoms with Crippen molar-refractivity contribution in [2.45, 2.75) is 0 Å². The Morgan fingerprint density at radius 3 is 2.00 bits per heavy atom. The molecule has 0 saturated carbocycles. The van der Waals surface area contributed by atoms with E-state index in [4.69, 9.17) is 4.79 Å². The van der Waals surface area contributed by atoms with E-state index in [1.54, 1.807) is 0 Å². The second-order valence-corrected chi connectivity index (χ2v) is 0.721. The maximum atomic E-state index is 9.04. The number of hydrogen-bond acceptors (Lipinski definition) is 2. The van der Waals surface area contributed by atoms with E-state index in [-0.39, 0.29) is 0 Å². The Balaban J connectivity index is 2.80. The fraction of sp³-hybridized carbons (Fsp3) is 0. The molecule has 0 aliphatic carbocycles. The van der Waals surface area contributed by atoms with Crippen LogP contribution in [0.2, 0.25) is 0 Å². The van der Waals surface area contributed by atoms with Gasteiger partial charge in [0.05, 0.1) is 5.24 Å². The zero-order chi connectivity index (χ0) is 3.58. The summed E-state index contributed by atoms with van der Waals surface area (Å²) >= 11 is 3.76. The predicted molar refractivity (Wildman–Crippen MR) is 16.9 cm³/mol. The Hall–Kier alpha value is -0.310. The van der Waals surface area contributed by atoms with Crippen LogP contribution in [0.5, 0.6) is 0 Å². The average molecular weight is 76.1 g/mol. The largest absolute Gasteiger partial charge is 0.719 e. The smallest absolute Gasteiger partial charge is 0.0954 e. The summed E-state index contributed by atoms with van der Waals surface area (Å²) in [6.07, 6.45) is 0. The lowest BCUT2D eigenvalue weighted by Crippen LogP contribution is -2.00. The second kappa shape index (κ2) is 1.06. The van der Waals surface area contributed by atoms with Crippen LogP contribution in [0.1, 0.15) is 0 Å². The summed E-state index contributed by atoms with van der Waals surface area (Å²) in [5, 5.41) is -0.750. The minimum atomic E-state index is -0.750. The molecule has 0 spiro atoms. The molecule has 0 aromatic rings. The number of nitrogens with two attached hydrogens (primary N) is 1. The van der Waals surface area contributed by atoms with E-state index in [2.05, 4.69) is 18.4 Å². The van der Waals surface area contributed by atoms with Gasteiger partial charge in [-0.05, 0) is 0 Å². The zero-order valence-electron chi connectivity index (χ0n) is 1.89. The number of carbonyl (C=O) groups excluding carboxylic acids is 1. The molecule has 0 fully saturated rings. The molecule has 0 aromatic heterocycles. The van der Waals surface area contributed by atoms with Gasteiger partial charge in [0.25, 0.3) is 0 Å². The standard InChI is InChI=1S/CH3NOS/c2-1(3)4/h(H3,2,3,4)/p-1. The van der Waals surface area contributed by atoms with Crippen LogP contribution in [0.15, 0.2) is 0 Å². The number of rotatable bonds is 0. The molecule has 1 amide bonds. The fourth-order valence-corrected chi connectivity index (χ4v) is 0. The highest BCUT2D eigenvalue weighted by Gasteiger charge is 1.41. The van der Waals surface area contributed by atoms with Gasteiger partial charge in [0.1, 0.15) is 0 Å². The Bertz CT molecular complexity index is 31.0. The summed E-state index contributed by atoms with van der Waals surface area (Å²) in [5.41, 5.74) is 4.29. The van der Waals surface area contributed by atoms with Gasteiger partial charge in [-0.1, -0.05) is 0 Å². The second-order valence-electron chi connectivity index (χ2n) is 0.319. The highest BCUT2D eigenvalue weighted by Crippen LogP contribution is 1.40. The minimum absolute atomic E-state index is 0.750. The van der Waals surface area contributed by atoms with Crippen LogP contribution < -0.4 is 5.73 Å². The molecular formula is CH2NOS-. The molecule has 2 N–H and O–H groups in total. The summed E-state index contributed by atoms with van der Waals surface area (Å²) in [4.78, 5) is 9.04. The third-order valence-corrected chi connectivity index (χ3v) is 0. The first-order chi connectivity index (χ1) is 1.73. The Morgan fingerprint density at radius 1 is 2.00 bits per heavy atom. The van der Waals surface area contributed by atoms with E-state index in [1.165, 1.54) is 0 Å². The molecule has 0 rings (SSSR count). The van der Waals surface area contributed by atoms with Crippen LogP contribution in [0.3, 0.4) is 0 Å². The number of primary amides is 1. The summed E-state index contributed by atoms with van der Waals surface area (Å²) in [7, 11) is 0. The van der Waals surface area contributed by atoms with Crippen LogP contribution in [0.4, 0.5) is 4.79 Å². The Labute approximate surface area is 29.4 Å². The lowest BCUT2D eigenvalue weighted by molar-refractivity contribution is 0.267. The van der Waals surface area contributed by atoms with E-state index in [1.807, 2.05) is 0 Å². The lowest BCUT2D eigenvalue weighted by atomic mass is 11.5. The van der Waals surface area contributed by atoms with E-state index >= 15 is 0 Å². The number of hydrogen-bond donors (Lipinski definition) is 1. The summed E-state index contributed by atoms with van der Waals surface area (Å²) < 4.78 is 0. The van der Waals surface area contributed by atoms with Crippen LogP contribution >= 0.6 is 0 Å². The first-order valence-corrected chi connectivity index (χ1v) is 1.11. The van der Waals surface area contributed by atoms with Crippen LogP contribution in [-0.2, 0) is 12.6 Å². The van der Waals surface area contributed by atoms with E-state index < -0.39 is 5.24 Å². The van der Waals surface area contributed by atoms with Crippen LogP contribution in [0.25, 0.3) is 0 Å². The summed E-state index contributed by atoms with van der Waals surface area (Å²) in [6, 6.07) is 0. The van der Waals surface area contributed by atoms with Crippen molar-refractivity contribution in [1.29, 1.82) is 0 Å². The van der Waals surface area contributed by atoms with Gasteiger partial charge in [0, 0.05) is 0 Å². The highest BCUT2D eigenvalue weighted by atomic mass is 32.1. The number of amides is 1. The molecular weight excluding hydrogens is 74.1 g/mol. The predicted octanol–water partition coefficient (Wildman–Crippen LogP) is -0.388. The van der Waals surface area contributed by atoms with Crippen molar-refractivity contribution in [2.75, 3.05) is 0 Å². The van der Waals surface area contributed by atoms with Crippen molar-refractivity contribution >= 4 is 17.9 Å². The molecule has 0 radical (unpaired) electrons. The van der Waals surface area contributed by atoms with Gasteiger partial charge in [0.15, 0.2) is 0 Å². The molecule has 0 aromatic carbocycles. The lowest BCUT2D eigenvalue weighted by Gasteiger charge is -1.83. The maximum absolute atomic E-state index is 9.04. The Kier molecular flexibility index (Phi) is 0.979. The van der Waals surface area contributed by atoms with Gasteiger partial charge < -0.3 is 23.2 Å². The molecule has 0 aliphatic heterocycles. The van der Waals surface area contributed by atoms with Gasteiger partial charge in [-0.15, -0.1) is 0 Å². The molecule has 24 valence electrons. The molecule has 0 saturated heterocycles. The van der Waals surface area contributed by atoms with Crippen molar-refractivity contribution in [3.8, 4) is 0 Å². The van der Waals surface area contributed by atoms with Gasteiger partial charge in [0.2, 0.25) is 0 Å². The van der Waals surface area contributed by atoms with E-state index in [0.717, 1.165) is 0 Å². The van der Waals surface area contributed by atoms with Crippen molar-refractivity contribution < 1.29 is 4.79 Å². The molecule has 2 nitrogen and oxygen atoms in total. The minimum Gasteiger partial charge on any atom is -0.719 e. The van der Waals surface area contributed by atoms with Gasteiger partial charge in [-0.25, -0.2) is 0 Å². The molecule has 0 atom stereocenters. The van der Waals surface area contributed by atoms with E-state index in [0.29, 0.717) is 0 Å². The van der Waals surface area contributed by atoms with E-state index in [9.17, 15) is 0 Å². The summed E-state index contributed by atoms with van der Waals surface area (Å²) in [5.74, 6) is 0. The van der Waals surface area contributed by atoms with Crippen molar-refractivity contribution in [2.24, 2.45) is 5.73 Å². The van der Waals surface area contributed by atoms with Crippen LogP contribution in [0, 0.1) is 0 Å². The van der Waals surface area contributed by atoms with Gasteiger partial charge in [-0.2, -0.15) is 0 Å². The van der Waals surface area contributed by atoms with Crippen molar-refractivity contribution in [3.63, 3.8) is 0 Å². The summed E-state index contributed by atoms with van der Waals surface area (Å²) in [6.45, 7) is 0. The average Bonchev–Trinajstić information content (AvgIpc) is 0.811. The number of carbonyl (C=O) groups is 1. The van der Waals surface area contributed by atoms with Gasteiger partial charge in [-0.3, -0.25) is 0 Å². The highest BCUT2D eigenvalue weighted by molar-refractivity contribution is 7.76. The van der Waals surface area contributed by atoms with Gasteiger partial charge >= 0.3 is 0 Å². The molecule has 0 aliphatic rings. The van der Waals surface area contributed by atoms with Crippen molar-refractivity contribution in [1.82, 2.24) is 0 Å². The topological polar surface area (TPSA) is 43.1 Å². The molecule has 0 heterocycles.